The highest BCUT2D eigenvalue weighted by molar-refractivity contribution is 4.91. The molecule has 4 atom stereocenters. The molecule has 0 bridgehead atoms. The molecule has 0 aliphatic carbocycles. The maximum absolute atomic E-state index is 6.24. The van der Waals surface area contributed by atoms with Gasteiger partial charge in [0, 0.05) is 6.61 Å². The third-order valence-electron chi connectivity index (χ3n) is 4.08. The van der Waals surface area contributed by atoms with E-state index in [1.54, 1.807) is 0 Å². The molecular formula is C14H27NO3. The van der Waals surface area contributed by atoms with Gasteiger partial charge in [-0.15, -0.1) is 0 Å². The Labute approximate surface area is 110 Å². The number of ether oxygens (including phenoxy) is 3. The summed E-state index contributed by atoms with van der Waals surface area (Å²) >= 11 is 0. The van der Waals surface area contributed by atoms with Gasteiger partial charge >= 0.3 is 0 Å². The quantitative estimate of drug-likeness (QED) is 0.787. The van der Waals surface area contributed by atoms with Crippen LogP contribution >= 0.6 is 0 Å². The average molecular weight is 257 g/mol. The molecule has 3 unspecified atom stereocenters. The van der Waals surface area contributed by atoms with Crippen LogP contribution in [-0.4, -0.2) is 43.7 Å². The molecule has 0 saturated carbocycles. The monoisotopic (exact) mass is 257 g/mol. The van der Waals surface area contributed by atoms with Crippen molar-refractivity contribution in [2.75, 3.05) is 19.8 Å². The highest BCUT2D eigenvalue weighted by atomic mass is 16.6. The highest BCUT2D eigenvalue weighted by Gasteiger charge is 2.44. The number of nitrogens with two attached hydrogens (primary N) is 1. The van der Waals surface area contributed by atoms with Gasteiger partial charge in [0.1, 0.15) is 12.2 Å². The van der Waals surface area contributed by atoms with Crippen molar-refractivity contribution in [1.82, 2.24) is 0 Å². The van der Waals surface area contributed by atoms with Gasteiger partial charge in [0.15, 0.2) is 0 Å². The molecule has 4 nitrogen and oxygen atoms in total. The van der Waals surface area contributed by atoms with Crippen molar-refractivity contribution in [1.29, 1.82) is 0 Å². The van der Waals surface area contributed by atoms with Gasteiger partial charge in [-0.2, -0.15) is 0 Å². The molecule has 0 aromatic carbocycles. The van der Waals surface area contributed by atoms with Crippen molar-refractivity contribution in [3.63, 3.8) is 0 Å². The van der Waals surface area contributed by atoms with Crippen LogP contribution in [0.4, 0.5) is 0 Å². The lowest BCUT2D eigenvalue weighted by molar-refractivity contribution is -0.119. The van der Waals surface area contributed by atoms with Crippen LogP contribution < -0.4 is 5.73 Å². The Morgan fingerprint density at radius 1 is 1.39 bits per heavy atom. The van der Waals surface area contributed by atoms with E-state index in [9.17, 15) is 0 Å². The van der Waals surface area contributed by atoms with Crippen molar-refractivity contribution in [2.45, 2.75) is 63.9 Å². The fraction of sp³-hybridized carbons (Fsp3) is 1.00. The third-order valence-corrected chi connectivity index (χ3v) is 4.08. The Morgan fingerprint density at radius 2 is 2.17 bits per heavy atom. The van der Waals surface area contributed by atoms with E-state index >= 15 is 0 Å². The molecule has 0 radical (unpaired) electrons. The predicted molar refractivity (Wildman–Crippen MR) is 70.5 cm³/mol. The molecule has 0 aromatic heterocycles. The second-order valence-corrected chi connectivity index (χ2v) is 6.13. The number of hydrogen-bond donors (Lipinski definition) is 1. The van der Waals surface area contributed by atoms with E-state index in [0.717, 1.165) is 32.4 Å². The summed E-state index contributed by atoms with van der Waals surface area (Å²) in [7, 11) is 0. The second-order valence-electron chi connectivity index (χ2n) is 6.13. The van der Waals surface area contributed by atoms with Gasteiger partial charge in [0.05, 0.1) is 18.3 Å². The van der Waals surface area contributed by atoms with E-state index in [-0.39, 0.29) is 23.9 Å². The molecule has 2 saturated heterocycles. The van der Waals surface area contributed by atoms with Gasteiger partial charge in [0.2, 0.25) is 0 Å². The Bertz CT molecular complexity index is 266. The minimum atomic E-state index is -0.158. The fourth-order valence-corrected chi connectivity index (χ4v) is 3.08. The lowest BCUT2D eigenvalue weighted by Crippen LogP contribution is -2.40. The van der Waals surface area contributed by atoms with E-state index in [1.807, 2.05) is 0 Å². The van der Waals surface area contributed by atoms with E-state index in [2.05, 4.69) is 20.8 Å². The molecule has 106 valence electrons. The lowest BCUT2D eigenvalue weighted by atomic mass is 9.91. The molecule has 18 heavy (non-hydrogen) atoms. The Balaban J connectivity index is 1.87. The number of rotatable bonds is 6. The number of hydrogen-bond acceptors (Lipinski definition) is 4. The highest BCUT2D eigenvalue weighted by Crippen LogP contribution is 2.32. The second kappa shape index (κ2) is 5.87. The first-order chi connectivity index (χ1) is 8.55. The van der Waals surface area contributed by atoms with E-state index in [0.29, 0.717) is 12.5 Å². The van der Waals surface area contributed by atoms with Crippen LogP contribution in [0.25, 0.3) is 0 Å². The number of fused-ring (bicyclic) bond motifs is 1. The Kier molecular flexibility index (Phi) is 4.64. The van der Waals surface area contributed by atoms with Crippen molar-refractivity contribution < 1.29 is 14.2 Å². The summed E-state index contributed by atoms with van der Waals surface area (Å²) in [5, 5.41) is 0. The zero-order chi connectivity index (χ0) is 13.2. The summed E-state index contributed by atoms with van der Waals surface area (Å²) in [5.41, 5.74) is 5.62. The summed E-state index contributed by atoms with van der Waals surface area (Å²) in [6.07, 6.45) is 3.58. The van der Waals surface area contributed by atoms with Crippen molar-refractivity contribution in [3.05, 3.63) is 0 Å². The summed E-state index contributed by atoms with van der Waals surface area (Å²) < 4.78 is 17.7. The van der Waals surface area contributed by atoms with Crippen molar-refractivity contribution in [2.24, 2.45) is 11.7 Å². The standard InChI is InChI=1S/C14H27NO3/c1-4-10(8-15)7-14(2,3)18-12-9-17-11-5-6-16-13(11)12/h10-13H,4-9,15H2,1-3H3/t10?,11?,12-,13?/m1/s1. The first-order valence-electron chi connectivity index (χ1n) is 7.17. The first-order valence-corrected chi connectivity index (χ1v) is 7.17. The van der Waals surface area contributed by atoms with Crippen LogP contribution in [0.3, 0.4) is 0 Å². The maximum atomic E-state index is 6.24. The molecular weight excluding hydrogens is 230 g/mol. The molecule has 2 aliphatic heterocycles. The molecule has 2 fully saturated rings. The van der Waals surface area contributed by atoms with Crippen LogP contribution in [-0.2, 0) is 14.2 Å². The van der Waals surface area contributed by atoms with Gasteiger partial charge < -0.3 is 19.9 Å². The summed E-state index contributed by atoms with van der Waals surface area (Å²) in [4.78, 5) is 0. The summed E-state index contributed by atoms with van der Waals surface area (Å²) in [5.74, 6) is 0.530. The topological polar surface area (TPSA) is 53.7 Å². The summed E-state index contributed by atoms with van der Waals surface area (Å²) in [6, 6.07) is 0. The Hall–Kier alpha value is -0.160. The zero-order valence-corrected chi connectivity index (χ0v) is 11.9. The maximum Gasteiger partial charge on any atom is 0.112 e. The van der Waals surface area contributed by atoms with E-state index in [1.165, 1.54) is 0 Å². The molecule has 2 rings (SSSR count). The van der Waals surface area contributed by atoms with Crippen LogP contribution in [0.5, 0.6) is 0 Å². The van der Waals surface area contributed by atoms with Crippen LogP contribution in [0, 0.1) is 5.92 Å². The molecule has 2 heterocycles. The smallest absolute Gasteiger partial charge is 0.112 e. The molecule has 0 spiro atoms. The van der Waals surface area contributed by atoms with Gasteiger partial charge in [-0.1, -0.05) is 13.3 Å². The molecule has 2 N–H and O–H groups in total. The van der Waals surface area contributed by atoms with Gasteiger partial charge in [0.25, 0.3) is 0 Å². The SMILES string of the molecule is CCC(CN)CC(C)(C)O[C@@H]1COC2CCOC21. The lowest BCUT2D eigenvalue weighted by Gasteiger charge is -2.33. The molecule has 4 heteroatoms. The first kappa shape index (κ1) is 14.3. The molecule has 0 aromatic rings. The minimum Gasteiger partial charge on any atom is -0.373 e. The minimum absolute atomic E-state index is 0.0859. The van der Waals surface area contributed by atoms with Crippen LogP contribution in [0.2, 0.25) is 0 Å². The Morgan fingerprint density at radius 3 is 2.83 bits per heavy atom. The summed E-state index contributed by atoms with van der Waals surface area (Å²) in [6.45, 7) is 8.67. The zero-order valence-electron chi connectivity index (χ0n) is 11.9. The van der Waals surface area contributed by atoms with Crippen molar-refractivity contribution >= 4 is 0 Å². The molecule has 0 amide bonds. The van der Waals surface area contributed by atoms with Crippen LogP contribution in [0.1, 0.15) is 40.0 Å². The van der Waals surface area contributed by atoms with Crippen molar-refractivity contribution in [3.8, 4) is 0 Å². The van der Waals surface area contributed by atoms with E-state index < -0.39 is 0 Å². The van der Waals surface area contributed by atoms with Gasteiger partial charge in [-0.3, -0.25) is 0 Å². The van der Waals surface area contributed by atoms with Crippen LogP contribution in [0.15, 0.2) is 0 Å². The largest absolute Gasteiger partial charge is 0.373 e. The average Bonchev–Trinajstić information content (AvgIpc) is 2.91. The third kappa shape index (κ3) is 3.23. The fourth-order valence-electron chi connectivity index (χ4n) is 3.08. The normalized spacial score (nSPS) is 33.7. The van der Waals surface area contributed by atoms with Gasteiger partial charge in [-0.05, 0) is 39.2 Å². The predicted octanol–water partition coefficient (Wildman–Crippen LogP) is 1.71. The molecule has 2 aliphatic rings. The van der Waals surface area contributed by atoms with Gasteiger partial charge in [-0.25, -0.2) is 0 Å². The van der Waals surface area contributed by atoms with E-state index in [4.69, 9.17) is 19.9 Å².